The maximum Gasteiger partial charge on any atom is 0.294 e. The number of halogens is 1. The highest BCUT2D eigenvalue weighted by Gasteiger charge is 2.30. The molecule has 2 aliphatic rings. The average Bonchev–Trinajstić information content (AvgIpc) is 3.00. The summed E-state index contributed by atoms with van der Waals surface area (Å²) in [6.07, 6.45) is 1.62. The van der Waals surface area contributed by atoms with E-state index >= 15 is 0 Å². The van der Waals surface area contributed by atoms with Gasteiger partial charge < -0.3 is 19.5 Å². The van der Waals surface area contributed by atoms with Gasteiger partial charge >= 0.3 is 0 Å². The van der Waals surface area contributed by atoms with Gasteiger partial charge in [-0.3, -0.25) is 14.5 Å². The van der Waals surface area contributed by atoms with Crippen molar-refractivity contribution in [3.8, 4) is 17.2 Å². The number of anilines is 1. The second-order valence-electron chi connectivity index (χ2n) is 9.78. The van der Waals surface area contributed by atoms with Crippen LogP contribution in [0.15, 0.2) is 96.8 Å². The number of nitrogens with one attached hydrogen (secondary N) is 1. The molecule has 2 aliphatic heterocycles. The van der Waals surface area contributed by atoms with Crippen molar-refractivity contribution in [1.29, 1.82) is 0 Å². The molecular formula is C33H27FN2O5. The fraction of sp³-hybridized carbons (Fsp3) is 0.152. The van der Waals surface area contributed by atoms with E-state index in [1.54, 1.807) is 66.7 Å². The van der Waals surface area contributed by atoms with Crippen LogP contribution in [0, 0.1) is 5.82 Å². The van der Waals surface area contributed by atoms with E-state index in [0.717, 1.165) is 5.56 Å². The van der Waals surface area contributed by atoms with E-state index in [1.165, 1.54) is 11.0 Å². The number of amides is 2. The van der Waals surface area contributed by atoms with Gasteiger partial charge in [-0.1, -0.05) is 48.5 Å². The monoisotopic (exact) mass is 550 g/mol. The van der Waals surface area contributed by atoms with Crippen LogP contribution in [0.2, 0.25) is 0 Å². The van der Waals surface area contributed by atoms with Crippen molar-refractivity contribution < 1.29 is 28.2 Å². The van der Waals surface area contributed by atoms with Crippen LogP contribution in [0.5, 0.6) is 17.2 Å². The molecule has 0 aliphatic carbocycles. The molecule has 41 heavy (non-hydrogen) atoms. The van der Waals surface area contributed by atoms with Crippen molar-refractivity contribution in [3.63, 3.8) is 0 Å². The zero-order valence-corrected chi connectivity index (χ0v) is 22.3. The van der Waals surface area contributed by atoms with Crippen molar-refractivity contribution in [2.75, 3.05) is 18.1 Å². The van der Waals surface area contributed by atoms with Gasteiger partial charge in [-0.05, 0) is 66.6 Å². The molecule has 4 aromatic rings. The molecule has 2 heterocycles. The standard InChI is InChI=1S/C33H27FN2O5/c1-21(24-14-15-29-30(19-24)40-17-16-39-29)35-32(37)23-12-10-22(11-13-23)18-31-33(38)36(20-25-6-2-3-7-26(25)34)27-8-4-5-9-28(27)41-31/h2-15,18-19,21H,16-17,20H2,1H3,(H,35,37)/b31-18+/t21-/m0/s1. The van der Waals surface area contributed by atoms with Crippen LogP contribution in [-0.2, 0) is 11.3 Å². The molecule has 4 aromatic carbocycles. The maximum atomic E-state index is 14.4. The Labute approximate surface area is 236 Å². The predicted molar refractivity (Wildman–Crippen MR) is 152 cm³/mol. The molecule has 0 unspecified atom stereocenters. The minimum atomic E-state index is -0.387. The highest BCUT2D eigenvalue weighted by Crippen LogP contribution is 2.37. The largest absolute Gasteiger partial charge is 0.486 e. The lowest BCUT2D eigenvalue weighted by atomic mass is 10.1. The Balaban J connectivity index is 1.18. The number of hydrogen-bond donors (Lipinski definition) is 1. The second kappa shape index (κ2) is 11.2. The normalized spacial score (nSPS) is 15.6. The number of rotatable bonds is 6. The van der Waals surface area contributed by atoms with Crippen molar-refractivity contribution >= 4 is 23.6 Å². The summed E-state index contributed by atoms with van der Waals surface area (Å²) in [6.45, 7) is 2.97. The Bertz CT molecular complexity index is 1650. The molecule has 0 saturated heterocycles. The summed E-state index contributed by atoms with van der Waals surface area (Å²) in [5.74, 6) is 0.961. The van der Waals surface area contributed by atoms with Gasteiger partial charge in [0.25, 0.3) is 11.8 Å². The number of para-hydroxylation sites is 2. The van der Waals surface area contributed by atoms with Crippen LogP contribution in [0.3, 0.4) is 0 Å². The third-order valence-electron chi connectivity index (χ3n) is 7.00. The molecule has 0 bridgehead atoms. The molecule has 206 valence electrons. The van der Waals surface area contributed by atoms with E-state index in [1.807, 2.05) is 31.2 Å². The number of carbonyl (C=O) groups is 2. The molecule has 7 nitrogen and oxygen atoms in total. The first-order valence-electron chi connectivity index (χ1n) is 13.3. The SMILES string of the molecule is C[C@H](NC(=O)c1ccc(/C=C2/Oc3ccccc3N(Cc3ccccc3F)C2=O)cc1)c1ccc2c(c1)OCCO2. The highest BCUT2D eigenvalue weighted by molar-refractivity contribution is 6.09. The van der Waals surface area contributed by atoms with Crippen molar-refractivity contribution in [2.45, 2.75) is 19.5 Å². The average molecular weight is 551 g/mol. The minimum Gasteiger partial charge on any atom is -0.486 e. The molecular weight excluding hydrogens is 523 g/mol. The Morgan fingerprint density at radius 1 is 0.927 bits per heavy atom. The number of fused-ring (bicyclic) bond motifs is 2. The fourth-order valence-electron chi connectivity index (χ4n) is 4.79. The molecule has 2 amide bonds. The predicted octanol–water partition coefficient (Wildman–Crippen LogP) is 6.05. The van der Waals surface area contributed by atoms with E-state index in [9.17, 15) is 14.0 Å². The maximum absolute atomic E-state index is 14.4. The van der Waals surface area contributed by atoms with Crippen LogP contribution in [0.1, 0.15) is 40.0 Å². The summed E-state index contributed by atoms with van der Waals surface area (Å²) in [6, 6.07) is 25.8. The van der Waals surface area contributed by atoms with Gasteiger partial charge in [-0.25, -0.2) is 4.39 Å². The summed E-state index contributed by atoms with van der Waals surface area (Å²) in [5.41, 5.74) is 3.01. The number of benzene rings is 4. The summed E-state index contributed by atoms with van der Waals surface area (Å²) >= 11 is 0. The van der Waals surface area contributed by atoms with Crippen LogP contribution in [0.4, 0.5) is 10.1 Å². The Hall–Kier alpha value is -5.11. The summed E-state index contributed by atoms with van der Waals surface area (Å²) in [5, 5.41) is 3.00. The molecule has 1 atom stereocenters. The van der Waals surface area contributed by atoms with E-state index in [2.05, 4.69) is 5.32 Å². The van der Waals surface area contributed by atoms with Crippen LogP contribution in [0.25, 0.3) is 6.08 Å². The van der Waals surface area contributed by atoms with Gasteiger partial charge in [0.1, 0.15) is 19.0 Å². The number of nitrogens with zero attached hydrogens (tertiary/aromatic N) is 1. The first-order valence-corrected chi connectivity index (χ1v) is 13.3. The Morgan fingerprint density at radius 3 is 2.46 bits per heavy atom. The van der Waals surface area contributed by atoms with Crippen molar-refractivity contribution in [2.24, 2.45) is 0 Å². The van der Waals surface area contributed by atoms with Crippen LogP contribution < -0.4 is 24.4 Å². The van der Waals surface area contributed by atoms with Gasteiger partial charge in [-0.15, -0.1) is 0 Å². The van der Waals surface area contributed by atoms with Gasteiger partial charge in [0, 0.05) is 11.1 Å². The first-order chi connectivity index (χ1) is 20.0. The molecule has 1 N–H and O–H groups in total. The van der Waals surface area contributed by atoms with Gasteiger partial charge in [0.2, 0.25) is 0 Å². The van der Waals surface area contributed by atoms with Gasteiger partial charge in [0.05, 0.1) is 18.3 Å². The molecule has 0 fully saturated rings. The van der Waals surface area contributed by atoms with E-state index in [-0.39, 0.29) is 36.0 Å². The number of hydrogen-bond acceptors (Lipinski definition) is 5. The summed E-state index contributed by atoms with van der Waals surface area (Å²) in [7, 11) is 0. The topological polar surface area (TPSA) is 77.1 Å². The smallest absolute Gasteiger partial charge is 0.294 e. The fourth-order valence-corrected chi connectivity index (χ4v) is 4.79. The number of carbonyl (C=O) groups excluding carboxylic acids is 2. The third kappa shape index (κ3) is 5.49. The Kier molecular flexibility index (Phi) is 7.12. The van der Waals surface area contributed by atoms with Crippen molar-refractivity contribution in [3.05, 3.63) is 125 Å². The molecule has 8 heteroatoms. The van der Waals surface area contributed by atoms with E-state index < -0.39 is 0 Å². The lowest BCUT2D eigenvalue weighted by molar-refractivity contribution is -0.117. The Morgan fingerprint density at radius 2 is 1.66 bits per heavy atom. The van der Waals surface area contributed by atoms with Crippen LogP contribution >= 0.6 is 0 Å². The zero-order valence-electron chi connectivity index (χ0n) is 22.3. The van der Waals surface area contributed by atoms with Crippen molar-refractivity contribution in [1.82, 2.24) is 5.32 Å². The van der Waals surface area contributed by atoms with Crippen LogP contribution in [-0.4, -0.2) is 25.0 Å². The molecule has 0 spiro atoms. The lowest BCUT2D eigenvalue weighted by Gasteiger charge is -2.30. The van der Waals surface area contributed by atoms with E-state index in [4.69, 9.17) is 14.2 Å². The zero-order chi connectivity index (χ0) is 28.3. The van der Waals surface area contributed by atoms with Gasteiger partial charge in [0.15, 0.2) is 23.0 Å². The summed E-state index contributed by atoms with van der Waals surface area (Å²) in [4.78, 5) is 27.9. The second-order valence-corrected chi connectivity index (χ2v) is 9.78. The molecule has 6 rings (SSSR count). The molecule has 0 aromatic heterocycles. The summed E-state index contributed by atoms with van der Waals surface area (Å²) < 4.78 is 31.6. The minimum absolute atomic E-state index is 0.0594. The molecule has 0 radical (unpaired) electrons. The van der Waals surface area contributed by atoms with Gasteiger partial charge in [-0.2, -0.15) is 0 Å². The van der Waals surface area contributed by atoms with E-state index in [0.29, 0.717) is 52.8 Å². The first kappa shape index (κ1) is 26.1. The third-order valence-corrected chi connectivity index (χ3v) is 7.00. The lowest BCUT2D eigenvalue weighted by Crippen LogP contribution is -2.37. The molecule has 0 saturated carbocycles. The quantitative estimate of drug-likeness (QED) is 0.296. The highest BCUT2D eigenvalue weighted by atomic mass is 19.1. The number of ether oxygens (including phenoxy) is 3.